The number of hydrogen-bond acceptors (Lipinski definition) is 10. The molecule has 6 amide bonds. The molecule has 4 aliphatic heterocycles. The van der Waals surface area contributed by atoms with E-state index >= 15 is 0 Å². The normalized spacial score (nSPS) is 29.1. The van der Waals surface area contributed by atoms with E-state index < -0.39 is 95.8 Å². The summed E-state index contributed by atoms with van der Waals surface area (Å²) in [6.45, 7) is 7.15. The lowest BCUT2D eigenvalue weighted by atomic mass is 10.0. The maximum Gasteiger partial charge on any atom is 0.329 e. The van der Waals surface area contributed by atoms with E-state index in [0.29, 0.717) is 18.2 Å². The Kier molecular flexibility index (Phi) is 13.3. The van der Waals surface area contributed by atoms with E-state index in [9.17, 15) is 42.7 Å². The van der Waals surface area contributed by atoms with Gasteiger partial charge in [0.25, 0.3) is 0 Å². The Morgan fingerprint density at radius 1 is 0.948 bits per heavy atom. The molecule has 0 spiro atoms. The van der Waals surface area contributed by atoms with Crippen molar-refractivity contribution in [3.05, 3.63) is 65.2 Å². The highest BCUT2D eigenvalue weighted by Gasteiger charge is 2.48. The fraction of sp³-hybridized carbons (Fsp3) is 0.550. The van der Waals surface area contributed by atoms with E-state index in [1.165, 1.54) is 28.5 Å². The molecule has 0 saturated carbocycles. The average molecular weight is 812 g/mol. The zero-order valence-corrected chi connectivity index (χ0v) is 32.9. The van der Waals surface area contributed by atoms with Crippen molar-refractivity contribution < 1.29 is 52.1 Å². The molecular formula is C40H51F2N7O9. The van der Waals surface area contributed by atoms with Crippen LogP contribution in [0.4, 0.5) is 19.3 Å². The first-order valence-corrected chi connectivity index (χ1v) is 19.6. The van der Waals surface area contributed by atoms with Gasteiger partial charge in [-0.15, -0.1) is 0 Å². The molecule has 0 aromatic heterocycles. The lowest BCUT2D eigenvalue weighted by Gasteiger charge is -2.41. The largest absolute Gasteiger partial charge is 0.459 e. The van der Waals surface area contributed by atoms with Crippen LogP contribution in [0, 0.1) is 24.5 Å². The van der Waals surface area contributed by atoms with Crippen molar-refractivity contribution in [3.63, 3.8) is 0 Å². The van der Waals surface area contributed by atoms with Gasteiger partial charge in [-0.3, -0.25) is 24.1 Å². The Morgan fingerprint density at radius 2 is 1.66 bits per heavy atom. The number of nitrogens with zero attached hydrogens (tertiary/aromatic N) is 3. The SMILES string of the molecule is Cc1ccc(NC(=O)N[C@@H](Cc2cc(F)cc(F)c2)C(=O)N[C@@H]2C(O)N3CCC[C@H]3C(=O)N3CCOC[C@H]3C(=O)N[C@@H](C)C(=O)N3C[C@H](C)C[C@H]3C(=O)O[C@H]2C)cc1. The second kappa shape index (κ2) is 18.2. The summed E-state index contributed by atoms with van der Waals surface area (Å²) in [4.78, 5) is 87.4. The molecule has 4 heterocycles. The van der Waals surface area contributed by atoms with E-state index in [1.807, 2.05) is 13.8 Å². The minimum atomic E-state index is -1.67. The third-order valence-corrected chi connectivity index (χ3v) is 11.2. The van der Waals surface area contributed by atoms with Crippen molar-refractivity contribution in [1.82, 2.24) is 30.7 Å². The molecule has 18 heteroatoms. The van der Waals surface area contributed by atoms with Gasteiger partial charge in [-0.2, -0.15) is 0 Å². The number of esters is 1. The van der Waals surface area contributed by atoms with Gasteiger partial charge in [0.15, 0.2) is 0 Å². The van der Waals surface area contributed by atoms with Crippen LogP contribution < -0.4 is 21.3 Å². The van der Waals surface area contributed by atoms with Crippen LogP contribution in [0.25, 0.3) is 0 Å². The molecule has 0 radical (unpaired) electrons. The Labute approximate surface area is 334 Å². The van der Waals surface area contributed by atoms with Crippen molar-refractivity contribution in [2.75, 3.05) is 38.2 Å². The van der Waals surface area contributed by atoms with Gasteiger partial charge in [-0.25, -0.2) is 18.4 Å². The van der Waals surface area contributed by atoms with E-state index in [-0.39, 0.29) is 63.6 Å². The van der Waals surface area contributed by atoms with Crippen LogP contribution in [0.3, 0.4) is 0 Å². The Morgan fingerprint density at radius 3 is 2.36 bits per heavy atom. The average Bonchev–Trinajstić information content (AvgIpc) is 3.83. The predicted octanol–water partition coefficient (Wildman–Crippen LogP) is 1.19. The number of rotatable bonds is 6. The summed E-state index contributed by atoms with van der Waals surface area (Å²) in [6, 6.07) is 1.62. The molecule has 2 aromatic rings. The van der Waals surface area contributed by atoms with Gasteiger partial charge in [0.1, 0.15) is 54.2 Å². The maximum absolute atomic E-state index is 14.3. The van der Waals surface area contributed by atoms with Gasteiger partial charge in [-0.1, -0.05) is 24.6 Å². The molecule has 58 heavy (non-hydrogen) atoms. The first-order chi connectivity index (χ1) is 27.6. The second-order valence-corrected chi connectivity index (χ2v) is 15.7. The lowest BCUT2D eigenvalue weighted by molar-refractivity contribution is -0.167. The fourth-order valence-corrected chi connectivity index (χ4v) is 8.16. The van der Waals surface area contributed by atoms with Crippen LogP contribution in [0.2, 0.25) is 0 Å². The Bertz CT molecular complexity index is 1870. The number of benzene rings is 2. The molecule has 4 aliphatic rings. The molecule has 4 fully saturated rings. The van der Waals surface area contributed by atoms with Gasteiger partial charge < -0.3 is 45.6 Å². The number of morpholine rings is 1. The highest BCUT2D eigenvalue weighted by molar-refractivity contribution is 5.95. The van der Waals surface area contributed by atoms with Crippen molar-refractivity contribution in [2.24, 2.45) is 5.92 Å². The summed E-state index contributed by atoms with van der Waals surface area (Å²) in [7, 11) is 0. The van der Waals surface area contributed by atoms with Crippen LogP contribution in [0.1, 0.15) is 51.2 Å². The molecule has 6 rings (SSSR count). The summed E-state index contributed by atoms with van der Waals surface area (Å²) in [5.41, 5.74) is 1.38. The number of hydrogen-bond donors (Lipinski definition) is 5. The van der Waals surface area contributed by atoms with Crippen LogP contribution in [-0.4, -0.2) is 137 Å². The van der Waals surface area contributed by atoms with Crippen LogP contribution >= 0.6 is 0 Å². The third kappa shape index (κ3) is 9.73. The predicted molar refractivity (Wildman–Crippen MR) is 204 cm³/mol. The number of aliphatic hydroxyl groups excluding tert-OH is 1. The molecule has 0 bridgehead atoms. The standard InChI is InChI=1S/C40H51F2N7O9/c1-21-7-9-28(10-8-21)44-40(56)45-29(17-25-15-26(41)18-27(42)16-25)34(50)46-33-24(4)58-39(55)31-14-22(2)19-49(31)36(52)23(3)43-35(51)32-20-57-13-12-48(32)37(53)30-6-5-11-47(30)38(33)54/h7-10,15-16,18,22-24,29-33,38,54H,5-6,11-14,17,19-20H2,1-4H3,(H,43,51)(H,46,50)(H2,44,45,56)/t22-,23+,24+,29+,30+,31+,32+,33+,38?/m1/s1. The second-order valence-electron chi connectivity index (χ2n) is 15.7. The first-order valence-electron chi connectivity index (χ1n) is 19.6. The zero-order valence-electron chi connectivity index (χ0n) is 32.9. The molecule has 314 valence electrons. The topological polar surface area (TPSA) is 199 Å². The van der Waals surface area contributed by atoms with Crippen molar-refractivity contribution in [3.8, 4) is 0 Å². The van der Waals surface area contributed by atoms with Crippen molar-refractivity contribution in [1.29, 1.82) is 0 Å². The van der Waals surface area contributed by atoms with Crippen molar-refractivity contribution in [2.45, 2.75) is 102 Å². The number of amides is 6. The number of anilines is 1. The number of aryl methyl sites for hydroxylation is 1. The lowest BCUT2D eigenvalue weighted by Crippen LogP contribution is -2.65. The molecule has 5 N–H and O–H groups in total. The monoisotopic (exact) mass is 811 g/mol. The van der Waals surface area contributed by atoms with Crippen LogP contribution in [0.5, 0.6) is 0 Å². The zero-order chi connectivity index (χ0) is 41.8. The summed E-state index contributed by atoms with van der Waals surface area (Å²) in [6.07, 6.45) is -2.35. The molecule has 9 atom stereocenters. The van der Waals surface area contributed by atoms with Gasteiger partial charge in [0.2, 0.25) is 23.6 Å². The molecule has 2 aromatic carbocycles. The van der Waals surface area contributed by atoms with Gasteiger partial charge in [0.05, 0.1) is 19.3 Å². The Hall–Kier alpha value is -5.20. The molecule has 1 unspecified atom stereocenters. The summed E-state index contributed by atoms with van der Waals surface area (Å²) in [5.74, 6) is -5.26. The van der Waals surface area contributed by atoms with Gasteiger partial charge in [-0.05, 0) is 75.8 Å². The van der Waals surface area contributed by atoms with E-state index in [1.54, 1.807) is 24.3 Å². The molecule has 16 nitrogen and oxygen atoms in total. The van der Waals surface area contributed by atoms with Crippen LogP contribution in [-0.2, 0) is 39.9 Å². The Balaban J connectivity index is 1.33. The summed E-state index contributed by atoms with van der Waals surface area (Å²) >= 11 is 0. The number of nitrogens with one attached hydrogen (secondary N) is 4. The van der Waals surface area contributed by atoms with E-state index in [2.05, 4.69) is 21.3 Å². The molecular weight excluding hydrogens is 760 g/mol. The fourth-order valence-electron chi connectivity index (χ4n) is 8.16. The number of carbonyl (C=O) groups excluding carboxylic acids is 6. The summed E-state index contributed by atoms with van der Waals surface area (Å²) < 4.78 is 40.2. The number of ether oxygens (including phenoxy) is 2. The molecule has 4 saturated heterocycles. The van der Waals surface area contributed by atoms with E-state index in [0.717, 1.165) is 17.7 Å². The third-order valence-electron chi connectivity index (χ3n) is 11.2. The summed E-state index contributed by atoms with van der Waals surface area (Å²) in [5, 5.41) is 22.8. The number of halogens is 2. The number of aliphatic hydroxyl groups is 1. The number of carbonyl (C=O) groups is 6. The smallest absolute Gasteiger partial charge is 0.329 e. The highest BCUT2D eigenvalue weighted by Crippen LogP contribution is 2.29. The minimum absolute atomic E-state index is 0.0370. The quantitative estimate of drug-likeness (QED) is 0.264. The number of urea groups is 1. The van der Waals surface area contributed by atoms with Gasteiger partial charge >= 0.3 is 12.0 Å². The molecule has 0 aliphatic carbocycles. The van der Waals surface area contributed by atoms with Crippen molar-refractivity contribution >= 4 is 41.3 Å². The number of cyclic esters (lactones) is 1. The van der Waals surface area contributed by atoms with Gasteiger partial charge in [0, 0.05) is 37.8 Å². The van der Waals surface area contributed by atoms with Crippen LogP contribution in [0.15, 0.2) is 42.5 Å². The minimum Gasteiger partial charge on any atom is -0.459 e. The first kappa shape index (κ1) is 42.4. The number of fused-ring (bicyclic) bond motifs is 3. The van der Waals surface area contributed by atoms with E-state index in [4.69, 9.17) is 9.47 Å². The maximum atomic E-state index is 14.3. The highest BCUT2D eigenvalue weighted by atomic mass is 19.1.